The number of hydrogen-bond acceptors (Lipinski definition) is 4. The molecule has 1 N–H and O–H groups in total. The van der Waals surface area contributed by atoms with Crippen LogP contribution in [0.1, 0.15) is 38.2 Å². The predicted molar refractivity (Wildman–Crippen MR) is 106 cm³/mol. The SMILES string of the molecule is C[C@H]1CCCC[C@@]12NC(=O)N(CN(C)Cc1cnn(-c3ccccc3)c1)C2=O. The Labute approximate surface area is 165 Å². The Kier molecular flexibility index (Phi) is 4.93. The van der Waals surface area contributed by atoms with Crippen LogP contribution in [0.5, 0.6) is 0 Å². The lowest BCUT2D eigenvalue weighted by Gasteiger charge is -2.37. The van der Waals surface area contributed by atoms with Gasteiger partial charge in [-0.15, -0.1) is 0 Å². The van der Waals surface area contributed by atoms with Gasteiger partial charge in [0, 0.05) is 18.3 Å². The lowest BCUT2D eigenvalue weighted by atomic mass is 9.73. The number of benzene rings is 1. The Hall–Kier alpha value is -2.67. The number of nitrogens with zero attached hydrogens (tertiary/aromatic N) is 4. The minimum absolute atomic E-state index is 0.0727. The molecule has 3 amide bonds. The number of imide groups is 1. The predicted octanol–water partition coefficient (Wildman–Crippen LogP) is 2.76. The largest absolute Gasteiger partial charge is 0.326 e. The monoisotopic (exact) mass is 381 g/mol. The van der Waals surface area contributed by atoms with Gasteiger partial charge < -0.3 is 5.32 Å². The van der Waals surface area contributed by atoms with Crippen molar-refractivity contribution in [3.63, 3.8) is 0 Å². The molecule has 2 heterocycles. The summed E-state index contributed by atoms with van der Waals surface area (Å²) in [7, 11) is 1.91. The normalized spacial score (nSPS) is 25.0. The van der Waals surface area contributed by atoms with Crippen molar-refractivity contribution in [2.75, 3.05) is 13.7 Å². The van der Waals surface area contributed by atoms with E-state index in [0.29, 0.717) is 6.54 Å². The number of aromatic nitrogens is 2. The van der Waals surface area contributed by atoms with Crippen molar-refractivity contribution in [3.05, 3.63) is 48.3 Å². The average molecular weight is 381 g/mol. The summed E-state index contributed by atoms with van der Waals surface area (Å²) in [6.07, 6.45) is 7.62. The molecule has 2 aromatic rings. The Balaban J connectivity index is 1.41. The van der Waals surface area contributed by atoms with Gasteiger partial charge in [-0.05, 0) is 37.9 Å². The fourth-order valence-corrected chi connectivity index (χ4v) is 4.39. The van der Waals surface area contributed by atoms with Crippen LogP contribution in [0.15, 0.2) is 42.7 Å². The average Bonchev–Trinajstić information content (AvgIpc) is 3.24. The van der Waals surface area contributed by atoms with Crippen molar-refractivity contribution in [2.24, 2.45) is 5.92 Å². The molecule has 0 unspecified atom stereocenters. The summed E-state index contributed by atoms with van der Waals surface area (Å²) in [5, 5.41) is 7.42. The number of urea groups is 1. The summed E-state index contributed by atoms with van der Waals surface area (Å²) in [5.74, 6) is 0.105. The standard InChI is InChI=1S/C21H27N5O2/c1-16-8-6-7-11-21(16)19(27)25(20(28)23-21)15-24(2)13-17-12-22-26(14-17)18-9-4-3-5-10-18/h3-5,9-10,12,14,16H,6-8,11,13,15H2,1-2H3,(H,23,28)/t16-,21+/m0/s1. The summed E-state index contributed by atoms with van der Waals surface area (Å²) >= 11 is 0. The molecule has 1 aromatic heterocycles. The molecule has 2 aliphatic rings. The first-order valence-electron chi connectivity index (χ1n) is 9.91. The molecule has 148 valence electrons. The maximum absolute atomic E-state index is 13.1. The van der Waals surface area contributed by atoms with E-state index in [4.69, 9.17) is 0 Å². The Morgan fingerprint density at radius 1 is 1.25 bits per heavy atom. The third kappa shape index (κ3) is 3.30. The molecule has 1 aliphatic heterocycles. The lowest BCUT2D eigenvalue weighted by Crippen LogP contribution is -2.54. The van der Waals surface area contributed by atoms with Crippen LogP contribution in [0, 0.1) is 5.92 Å². The van der Waals surface area contributed by atoms with E-state index in [1.807, 2.05) is 59.4 Å². The zero-order chi connectivity index (χ0) is 19.7. The van der Waals surface area contributed by atoms with E-state index in [2.05, 4.69) is 17.3 Å². The number of para-hydroxylation sites is 1. The van der Waals surface area contributed by atoms with Gasteiger partial charge in [-0.3, -0.25) is 9.69 Å². The molecule has 1 aromatic carbocycles. The van der Waals surface area contributed by atoms with E-state index in [9.17, 15) is 9.59 Å². The molecule has 4 rings (SSSR count). The Morgan fingerprint density at radius 2 is 2.04 bits per heavy atom. The van der Waals surface area contributed by atoms with Crippen LogP contribution in [0.3, 0.4) is 0 Å². The minimum Gasteiger partial charge on any atom is -0.323 e. The fourth-order valence-electron chi connectivity index (χ4n) is 4.39. The molecule has 2 atom stereocenters. The van der Waals surface area contributed by atoms with Crippen LogP contribution in [-0.2, 0) is 11.3 Å². The summed E-state index contributed by atoms with van der Waals surface area (Å²) in [6, 6.07) is 9.65. The second kappa shape index (κ2) is 7.39. The van der Waals surface area contributed by atoms with Gasteiger partial charge in [-0.25, -0.2) is 14.4 Å². The number of carbonyl (C=O) groups excluding carboxylic acids is 2. The van der Waals surface area contributed by atoms with E-state index in [1.165, 1.54) is 4.90 Å². The number of carbonyl (C=O) groups is 2. The maximum Gasteiger partial charge on any atom is 0.326 e. The van der Waals surface area contributed by atoms with Crippen molar-refractivity contribution in [3.8, 4) is 5.69 Å². The van der Waals surface area contributed by atoms with Gasteiger partial charge in [0.05, 0.1) is 18.6 Å². The van der Waals surface area contributed by atoms with Gasteiger partial charge in [0.25, 0.3) is 5.91 Å². The maximum atomic E-state index is 13.1. The van der Waals surface area contributed by atoms with Gasteiger partial charge >= 0.3 is 6.03 Å². The Morgan fingerprint density at radius 3 is 2.79 bits per heavy atom. The topological polar surface area (TPSA) is 70.5 Å². The van der Waals surface area contributed by atoms with Crippen LogP contribution in [-0.4, -0.2) is 50.8 Å². The van der Waals surface area contributed by atoms with E-state index >= 15 is 0 Å². The van der Waals surface area contributed by atoms with E-state index < -0.39 is 5.54 Å². The van der Waals surface area contributed by atoms with Gasteiger partial charge in [0.1, 0.15) is 5.54 Å². The van der Waals surface area contributed by atoms with E-state index in [0.717, 1.165) is 36.9 Å². The van der Waals surface area contributed by atoms with Crippen molar-refractivity contribution < 1.29 is 9.59 Å². The summed E-state index contributed by atoms with van der Waals surface area (Å²) in [4.78, 5) is 28.9. The van der Waals surface area contributed by atoms with Gasteiger partial charge in [0.15, 0.2) is 0 Å². The second-order valence-corrected chi connectivity index (χ2v) is 8.07. The zero-order valence-electron chi connectivity index (χ0n) is 16.5. The smallest absolute Gasteiger partial charge is 0.323 e. The molecule has 28 heavy (non-hydrogen) atoms. The molecule has 0 radical (unpaired) electrons. The van der Waals surface area contributed by atoms with Gasteiger partial charge in [0.2, 0.25) is 0 Å². The molecular weight excluding hydrogens is 354 g/mol. The van der Waals surface area contributed by atoms with Gasteiger partial charge in [-0.2, -0.15) is 5.10 Å². The van der Waals surface area contributed by atoms with Crippen LogP contribution in [0.2, 0.25) is 0 Å². The quantitative estimate of drug-likeness (QED) is 0.809. The summed E-state index contributed by atoms with van der Waals surface area (Å²) < 4.78 is 1.83. The van der Waals surface area contributed by atoms with Gasteiger partial charge in [-0.1, -0.05) is 38.0 Å². The molecule has 1 aliphatic carbocycles. The van der Waals surface area contributed by atoms with E-state index in [-0.39, 0.29) is 24.5 Å². The van der Waals surface area contributed by atoms with Crippen molar-refractivity contribution in [2.45, 2.75) is 44.7 Å². The molecule has 7 nitrogen and oxygen atoms in total. The first-order chi connectivity index (χ1) is 13.5. The number of nitrogens with one attached hydrogen (secondary N) is 1. The third-order valence-corrected chi connectivity index (χ3v) is 5.99. The van der Waals surface area contributed by atoms with Crippen molar-refractivity contribution in [1.29, 1.82) is 0 Å². The molecule has 0 bridgehead atoms. The molecule has 2 fully saturated rings. The van der Waals surface area contributed by atoms with Crippen molar-refractivity contribution in [1.82, 2.24) is 24.9 Å². The summed E-state index contributed by atoms with van der Waals surface area (Å²) in [5.41, 5.74) is 1.33. The Bertz CT molecular complexity index is 865. The van der Waals surface area contributed by atoms with Crippen LogP contribution in [0.4, 0.5) is 4.79 Å². The highest BCUT2D eigenvalue weighted by atomic mass is 16.2. The highest BCUT2D eigenvalue weighted by Crippen LogP contribution is 2.38. The number of amides is 3. The molecule has 1 spiro atoms. The van der Waals surface area contributed by atoms with E-state index in [1.54, 1.807) is 0 Å². The first kappa shape index (κ1) is 18.7. The molecule has 1 saturated carbocycles. The molecule has 1 saturated heterocycles. The lowest BCUT2D eigenvalue weighted by molar-refractivity contribution is -0.135. The highest BCUT2D eigenvalue weighted by Gasteiger charge is 2.54. The number of hydrogen-bond donors (Lipinski definition) is 1. The molecule has 7 heteroatoms. The zero-order valence-corrected chi connectivity index (χ0v) is 16.5. The highest BCUT2D eigenvalue weighted by molar-refractivity contribution is 6.07. The van der Waals surface area contributed by atoms with Crippen LogP contribution < -0.4 is 5.32 Å². The number of rotatable bonds is 5. The first-order valence-corrected chi connectivity index (χ1v) is 9.91. The fraction of sp³-hybridized carbons (Fsp3) is 0.476. The van der Waals surface area contributed by atoms with Crippen molar-refractivity contribution >= 4 is 11.9 Å². The van der Waals surface area contributed by atoms with Crippen LogP contribution >= 0.6 is 0 Å². The third-order valence-electron chi connectivity index (χ3n) is 5.99. The molecular formula is C21H27N5O2. The van der Waals surface area contributed by atoms with Crippen LogP contribution in [0.25, 0.3) is 5.69 Å². The summed E-state index contributed by atoms with van der Waals surface area (Å²) in [6.45, 7) is 2.95. The minimum atomic E-state index is -0.700. The second-order valence-electron chi connectivity index (χ2n) is 8.07.